The number of carbonyl (C=O) groups is 2. The van der Waals surface area contributed by atoms with Crippen molar-refractivity contribution < 1.29 is 23.8 Å². The number of esters is 2. The molecule has 1 aliphatic rings. The van der Waals surface area contributed by atoms with Gasteiger partial charge < -0.3 is 14.2 Å². The molecule has 0 N–H and O–H groups in total. The Morgan fingerprint density at radius 2 is 1.56 bits per heavy atom. The van der Waals surface area contributed by atoms with E-state index in [9.17, 15) is 9.59 Å². The molecule has 5 heteroatoms. The predicted octanol–water partition coefficient (Wildman–Crippen LogP) is 3.06. The Bertz CT molecular complexity index is 792. The molecule has 2 aromatic rings. The third-order valence-corrected chi connectivity index (χ3v) is 4.71. The summed E-state index contributed by atoms with van der Waals surface area (Å²) in [6, 6.07) is 9.63. The van der Waals surface area contributed by atoms with Crippen molar-refractivity contribution in [3.8, 4) is 5.75 Å². The van der Waals surface area contributed by atoms with Gasteiger partial charge in [0, 0.05) is 18.2 Å². The minimum Gasteiger partial charge on any atom is -0.496 e. The first kappa shape index (κ1) is 17.3. The summed E-state index contributed by atoms with van der Waals surface area (Å²) < 4.78 is 15.9. The highest BCUT2D eigenvalue weighted by molar-refractivity contribution is 6.04. The monoisotopic (exact) mass is 342 g/mol. The zero-order valence-corrected chi connectivity index (χ0v) is 14.8. The van der Waals surface area contributed by atoms with E-state index in [0.717, 1.165) is 27.6 Å². The lowest BCUT2D eigenvalue weighted by Gasteiger charge is -2.34. The molecule has 0 atom stereocenters. The number of ether oxygens (including phenoxy) is 3. The lowest BCUT2D eigenvalue weighted by atomic mass is 9.70. The van der Waals surface area contributed by atoms with Gasteiger partial charge in [-0.3, -0.25) is 9.59 Å². The maximum absolute atomic E-state index is 12.7. The Hall–Kier alpha value is -2.56. The summed E-state index contributed by atoms with van der Waals surface area (Å²) in [5, 5.41) is 2.03. The van der Waals surface area contributed by atoms with Crippen LogP contribution in [0.3, 0.4) is 0 Å². The average Bonchev–Trinajstić information content (AvgIpc) is 2.62. The number of rotatable bonds is 5. The Morgan fingerprint density at radius 1 is 0.960 bits per heavy atom. The Kier molecular flexibility index (Phi) is 4.66. The standard InChI is InChI=1S/C20H22O5/c1-4-24-18(21)20(19(22)25-5-2)11-13-7-6-8-15-16(23-3)10-9-14(12-20)17(13)15/h6-10H,4-5,11-12H2,1-3H3. The molecule has 1 aliphatic carbocycles. The van der Waals surface area contributed by atoms with Crippen LogP contribution in [0.5, 0.6) is 5.75 Å². The maximum Gasteiger partial charge on any atom is 0.324 e. The third kappa shape index (κ3) is 2.73. The zero-order valence-electron chi connectivity index (χ0n) is 14.8. The highest BCUT2D eigenvalue weighted by Gasteiger charge is 2.51. The van der Waals surface area contributed by atoms with E-state index in [0.29, 0.717) is 0 Å². The average molecular weight is 342 g/mol. The lowest BCUT2D eigenvalue weighted by Crippen LogP contribution is -2.47. The molecule has 0 heterocycles. The van der Waals surface area contributed by atoms with Crippen LogP contribution in [0, 0.1) is 5.41 Å². The summed E-state index contributed by atoms with van der Waals surface area (Å²) in [6.45, 7) is 3.91. The van der Waals surface area contributed by atoms with E-state index in [-0.39, 0.29) is 26.1 Å². The summed E-state index contributed by atoms with van der Waals surface area (Å²) in [5.41, 5.74) is 0.527. The Balaban J connectivity index is 2.16. The number of benzene rings is 2. The SMILES string of the molecule is CCOC(=O)C1(C(=O)OCC)Cc2cccc3c(OC)ccc(c23)C1. The summed E-state index contributed by atoms with van der Waals surface area (Å²) in [5.74, 6) is -0.265. The van der Waals surface area contributed by atoms with E-state index in [2.05, 4.69) is 0 Å². The molecule has 5 nitrogen and oxygen atoms in total. The van der Waals surface area contributed by atoms with Crippen LogP contribution in [0.25, 0.3) is 10.8 Å². The van der Waals surface area contributed by atoms with Crippen LogP contribution in [0.1, 0.15) is 25.0 Å². The van der Waals surface area contributed by atoms with Crippen LogP contribution in [0.4, 0.5) is 0 Å². The fourth-order valence-electron chi connectivity index (χ4n) is 3.63. The van der Waals surface area contributed by atoms with Crippen molar-refractivity contribution in [1.29, 1.82) is 0 Å². The molecule has 0 saturated carbocycles. The van der Waals surface area contributed by atoms with Gasteiger partial charge in [0.25, 0.3) is 0 Å². The van der Waals surface area contributed by atoms with Crippen molar-refractivity contribution >= 4 is 22.7 Å². The number of hydrogen-bond acceptors (Lipinski definition) is 5. The fraction of sp³-hybridized carbons (Fsp3) is 0.400. The molecule has 2 aromatic carbocycles. The van der Waals surface area contributed by atoms with Crippen LogP contribution >= 0.6 is 0 Å². The largest absolute Gasteiger partial charge is 0.496 e. The molecule has 0 saturated heterocycles. The molecule has 132 valence electrons. The van der Waals surface area contributed by atoms with Crippen LogP contribution in [-0.2, 0) is 31.9 Å². The van der Waals surface area contributed by atoms with Gasteiger partial charge in [-0.15, -0.1) is 0 Å². The number of hydrogen-bond donors (Lipinski definition) is 0. The smallest absolute Gasteiger partial charge is 0.324 e. The van der Waals surface area contributed by atoms with Gasteiger partial charge in [-0.2, -0.15) is 0 Å². The summed E-state index contributed by atoms with van der Waals surface area (Å²) >= 11 is 0. The quantitative estimate of drug-likeness (QED) is 0.617. The minimum absolute atomic E-state index is 0.222. The normalized spacial score (nSPS) is 14.8. The first-order valence-corrected chi connectivity index (χ1v) is 8.49. The molecule has 0 unspecified atom stereocenters. The Labute approximate surface area is 146 Å². The molecule has 0 amide bonds. The molecule has 3 rings (SSSR count). The van der Waals surface area contributed by atoms with E-state index in [1.165, 1.54) is 0 Å². The van der Waals surface area contributed by atoms with Crippen LogP contribution in [-0.4, -0.2) is 32.3 Å². The molecule has 0 aliphatic heterocycles. The van der Waals surface area contributed by atoms with Crippen molar-refractivity contribution in [2.24, 2.45) is 5.41 Å². The highest BCUT2D eigenvalue weighted by atomic mass is 16.6. The summed E-state index contributed by atoms with van der Waals surface area (Å²) in [4.78, 5) is 25.5. The topological polar surface area (TPSA) is 61.8 Å². The molecule has 0 radical (unpaired) electrons. The van der Waals surface area contributed by atoms with E-state index in [1.807, 2.05) is 30.3 Å². The van der Waals surface area contributed by atoms with Gasteiger partial charge in [0.1, 0.15) is 5.75 Å². The molecule has 0 aromatic heterocycles. The Morgan fingerprint density at radius 3 is 2.12 bits per heavy atom. The second-order valence-corrected chi connectivity index (χ2v) is 6.14. The minimum atomic E-state index is -1.33. The van der Waals surface area contributed by atoms with Gasteiger partial charge in [0.05, 0.1) is 20.3 Å². The second kappa shape index (κ2) is 6.75. The zero-order chi connectivity index (χ0) is 18.0. The molecule has 25 heavy (non-hydrogen) atoms. The lowest BCUT2D eigenvalue weighted by molar-refractivity contribution is -0.172. The first-order valence-electron chi connectivity index (χ1n) is 8.49. The summed E-state index contributed by atoms with van der Waals surface area (Å²) in [7, 11) is 1.63. The van der Waals surface area contributed by atoms with Gasteiger partial charge >= 0.3 is 11.9 Å². The van der Waals surface area contributed by atoms with E-state index < -0.39 is 17.4 Å². The fourth-order valence-corrected chi connectivity index (χ4v) is 3.63. The van der Waals surface area contributed by atoms with E-state index in [4.69, 9.17) is 14.2 Å². The van der Waals surface area contributed by atoms with E-state index in [1.54, 1.807) is 21.0 Å². The van der Waals surface area contributed by atoms with Crippen molar-refractivity contribution in [3.63, 3.8) is 0 Å². The molecular formula is C20H22O5. The van der Waals surface area contributed by atoms with Crippen LogP contribution < -0.4 is 4.74 Å². The van der Waals surface area contributed by atoms with Crippen LogP contribution in [0.2, 0.25) is 0 Å². The third-order valence-electron chi connectivity index (χ3n) is 4.71. The van der Waals surface area contributed by atoms with Gasteiger partial charge in [0.15, 0.2) is 5.41 Å². The van der Waals surface area contributed by atoms with Crippen LogP contribution in [0.15, 0.2) is 30.3 Å². The second-order valence-electron chi connectivity index (χ2n) is 6.14. The maximum atomic E-state index is 12.7. The molecule has 0 fully saturated rings. The number of methoxy groups -OCH3 is 1. The van der Waals surface area contributed by atoms with E-state index >= 15 is 0 Å². The highest BCUT2D eigenvalue weighted by Crippen LogP contribution is 2.43. The van der Waals surface area contributed by atoms with Crippen molar-refractivity contribution in [3.05, 3.63) is 41.5 Å². The van der Waals surface area contributed by atoms with Gasteiger partial charge in [-0.1, -0.05) is 24.3 Å². The predicted molar refractivity (Wildman–Crippen MR) is 93.6 cm³/mol. The van der Waals surface area contributed by atoms with Gasteiger partial charge in [0.2, 0.25) is 0 Å². The molecule has 0 bridgehead atoms. The van der Waals surface area contributed by atoms with Crippen molar-refractivity contribution in [2.45, 2.75) is 26.7 Å². The van der Waals surface area contributed by atoms with Gasteiger partial charge in [-0.05, 0) is 36.4 Å². The number of carbonyl (C=O) groups excluding carboxylic acids is 2. The summed E-state index contributed by atoms with van der Waals surface area (Å²) in [6.07, 6.45) is 0.532. The van der Waals surface area contributed by atoms with Gasteiger partial charge in [-0.25, -0.2) is 0 Å². The van der Waals surface area contributed by atoms with Crippen molar-refractivity contribution in [1.82, 2.24) is 0 Å². The molecular weight excluding hydrogens is 320 g/mol. The molecule has 0 spiro atoms. The first-order chi connectivity index (χ1) is 12.1. The van der Waals surface area contributed by atoms with Crippen molar-refractivity contribution in [2.75, 3.05) is 20.3 Å².